The van der Waals surface area contributed by atoms with Gasteiger partial charge in [-0.2, -0.15) is 0 Å². The molecule has 0 bridgehead atoms. The van der Waals surface area contributed by atoms with Crippen LogP contribution in [0.15, 0.2) is 48.0 Å². The number of likely N-dealkylation sites (tertiary alicyclic amines) is 1. The van der Waals surface area contributed by atoms with Gasteiger partial charge >= 0.3 is 0 Å². The minimum atomic E-state index is -0.805. The van der Waals surface area contributed by atoms with E-state index in [9.17, 15) is 14.7 Å². The normalized spacial score (nSPS) is 17.2. The molecule has 0 unspecified atom stereocenters. The highest BCUT2D eigenvalue weighted by atomic mass is 16.5. The smallest absolute Gasteiger partial charge is 0.295 e. The number of carbonyl (C=O) groups excluding carboxylic acids is 2. The Bertz CT molecular complexity index is 1050. The minimum Gasteiger partial charge on any atom is -0.507 e. The highest BCUT2D eigenvalue weighted by molar-refractivity contribution is 6.46. The van der Waals surface area contributed by atoms with Crippen LogP contribution < -0.4 is 14.2 Å². The van der Waals surface area contributed by atoms with Crippen molar-refractivity contribution in [1.29, 1.82) is 0 Å². The molecule has 2 aromatic rings. The maximum absolute atomic E-state index is 13.2. The number of ether oxygens (including phenoxy) is 3. The van der Waals surface area contributed by atoms with Gasteiger partial charge in [0.1, 0.15) is 5.76 Å². The lowest BCUT2D eigenvalue weighted by Gasteiger charge is -2.27. The van der Waals surface area contributed by atoms with Crippen LogP contribution in [0.4, 0.5) is 0 Å². The van der Waals surface area contributed by atoms with Gasteiger partial charge in [-0.1, -0.05) is 44.2 Å². The molecule has 0 radical (unpaired) electrons. The second-order valence-electron chi connectivity index (χ2n) is 8.20. The first-order valence-corrected chi connectivity index (χ1v) is 11.8. The van der Waals surface area contributed by atoms with E-state index in [1.807, 2.05) is 6.07 Å². The molecule has 1 fully saturated rings. The number of carbonyl (C=O) groups is 2. The van der Waals surface area contributed by atoms with Crippen molar-refractivity contribution in [2.75, 3.05) is 47.5 Å². The van der Waals surface area contributed by atoms with Crippen molar-refractivity contribution in [3.8, 4) is 17.2 Å². The number of aliphatic hydroxyl groups excluding tert-OH is 1. The average Bonchev–Trinajstić information content (AvgIpc) is 3.15. The van der Waals surface area contributed by atoms with Crippen LogP contribution in [0, 0.1) is 0 Å². The van der Waals surface area contributed by atoms with Gasteiger partial charge in [-0.25, -0.2) is 0 Å². The number of Topliss-reactive ketones (excluding diaryl/α,β-unsaturated/α-hetero) is 1. The average molecular weight is 483 g/mol. The van der Waals surface area contributed by atoms with E-state index in [0.717, 1.165) is 19.6 Å². The van der Waals surface area contributed by atoms with E-state index >= 15 is 0 Å². The van der Waals surface area contributed by atoms with Gasteiger partial charge in [0.05, 0.1) is 32.9 Å². The van der Waals surface area contributed by atoms with Crippen molar-refractivity contribution in [3.63, 3.8) is 0 Å². The van der Waals surface area contributed by atoms with E-state index in [2.05, 4.69) is 18.7 Å². The largest absolute Gasteiger partial charge is 0.507 e. The Morgan fingerprint density at radius 2 is 1.57 bits per heavy atom. The van der Waals surface area contributed by atoms with Crippen LogP contribution in [0.5, 0.6) is 17.2 Å². The molecule has 1 heterocycles. The first-order chi connectivity index (χ1) is 16.9. The molecule has 0 aromatic heterocycles. The van der Waals surface area contributed by atoms with Gasteiger partial charge in [0.15, 0.2) is 11.5 Å². The van der Waals surface area contributed by atoms with Crippen molar-refractivity contribution in [2.45, 2.75) is 26.3 Å². The number of ketones is 1. The molecule has 1 aliphatic heterocycles. The first-order valence-electron chi connectivity index (χ1n) is 11.8. The predicted octanol–water partition coefficient (Wildman–Crippen LogP) is 3.87. The molecule has 8 nitrogen and oxygen atoms in total. The van der Waals surface area contributed by atoms with Crippen LogP contribution in [0.3, 0.4) is 0 Å². The number of benzene rings is 2. The molecule has 8 heteroatoms. The van der Waals surface area contributed by atoms with Gasteiger partial charge in [0.2, 0.25) is 5.75 Å². The summed E-state index contributed by atoms with van der Waals surface area (Å²) in [6.45, 7) is 7.13. The summed E-state index contributed by atoms with van der Waals surface area (Å²) in [5.41, 5.74) is 1.09. The summed E-state index contributed by atoms with van der Waals surface area (Å²) < 4.78 is 16.5. The molecule has 0 spiro atoms. The van der Waals surface area contributed by atoms with Gasteiger partial charge in [0.25, 0.3) is 11.7 Å². The summed E-state index contributed by atoms with van der Waals surface area (Å²) in [5.74, 6) is -0.367. The standard InChI is InChI=1S/C27H34N2O6/c1-6-28(7-2)14-11-15-29-23(19-16-20(33-3)26(35-5)21(17-19)34-4)22(25(31)27(29)32)24(30)18-12-9-8-10-13-18/h8-10,12-13,16-17,23,30H,6-7,11,14-15H2,1-5H3/b24-22+/t23-/m0/s1. The third-order valence-electron chi connectivity index (χ3n) is 6.36. The zero-order chi connectivity index (χ0) is 25.5. The highest BCUT2D eigenvalue weighted by Crippen LogP contribution is 2.45. The summed E-state index contributed by atoms with van der Waals surface area (Å²) >= 11 is 0. The lowest BCUT2D eigenvalue weighted by Crippen LogP contribution is -2.33. The van der Waals surface area contributed by atoms with E-state index in [1.165, 1.54) is 26.2 Å². The Balaban J connectivity index is 2.15. The first kappa shape index (κ1) is 26.1. The molecule has 35 heavy (non-hydrogen) atoms. The molecule has 0 saturated carbocycles. The number of methoxy groups -OCH3 is 3. The van der Waals surface area contributed by atoms with Crippen molar-refractivity contribution in [3.05, 3.63) is 59.2 Å². The third kappa shape index (κ3) is 5.27. The summed E-state index contributed by atoms with van der Waals surface area (Å²) in [6.07, 6.45) is 0.682. The molecule has 0 aliphatic carbocycles. The Morgan fingerprint density at radius 1 is 0.971 bits per heavy atom. The van der Waals surface area contributed by atoms with Crippen molar-refractivity contribution < 1.29 is 28.9 Å². The summed E-state index contributed by atoms with van der Waals surface area (Å²) in [7, 11) is 4.52. The van der Waals surface area contributed by atoms with Crippen LogP contribution in [-0.2, 0) is 9.59 Å². The van der Waals surface area contributed by atoms with Crippen molar-refractivity contribution in [2.24, 2.45) is 0 Å². The number of aliphatic hydroxyl groups is 1. The fourth-order valence-corrected chi connectivity index (χ4v) is 4.47. The topological polar surface area (TPSA) is 88.5 Å². The Hall–Kier alpha value is -3.52. The molecule has 1 saturated heterocycles. The van der Waals surface area contributed by atoms with Crippen molar-refractivity contribution in [1.82, 2.24) is 9.80 Å². The van der Waals surface area contributed by atoms with E-state index in [4.69, 9.17) is 14.2 Å². The number of hydrogen-bond acceptors (Lipinski definition) is 7. The molecule has 1 N–H and O–H groups in total. The van der Waals surface area contributed by atoms with Crippen LogP contribution in [-0.4, -0.2) is 74.1 Å². The van der Waals surface area contributed by atoms with Crippen LogP contribution in [0.2, 0.25) is 0 Å². The molecule has 3 rings (SSSR count). The predicted molar refractivity (Wildman–Crippen MR) is 134 cm³/mol. The van der Waals surface area contributed by atoms with Crippen LogP contribution >= 0.6 is 0 Å². The fraction of sp³-hybridized carbons (Fsp3) is 0.407. The van der Waals surface area contributed by atoms with Gasteiger partial charge in [0, 0.05) is 12.1 Å². The Labute approximate surface area is 206 Å². The maximum atomic E-state index is 13.2. The monoisotopic (exact) mass is 482 g/mol. The SMILES string of the molecule is CCN(CC)CCCN1C(=O)C(=O)/C(=C(/O)c2ccccc2)[C@@H]1c1cc(OC)c(OC)c(OC)c1. The molecular formula is C27H34N2O6. The Morgan fingerprint density at radius 3 is 2.09 bits per heavy atom. The Kier molecular flexibility index (Phi) is 8.76. The molecule has 1 amide bonds. The molecule has 2 aromatic carbocycles. The second kappa shape index (κ2) is 11.8. The number of amides is 1. The van der Waals surface area contributed by atoms with Gasteiger partial charge in [-0.05, 0) is 43.8 Å². The van der Waals surface area contributed by atoms with Crippen LogP contribution in [0.25, 0.3) is 5.76 Å². The van der Waals surface area contributed by atoms with Gasteiger partial charge in [-0.3, -0.25) is 9.59 Å². The molecular weight excluding hydrogens is 448 g/mol. The van der Waals surface area contributed by atoms with E-state index in [1.54, 1.807) is 36.4 Å². The molecule has 1 atom stereocenters. The lowest BCUT2D eigenvalue weighted by molar-refractivity contribution is -0.140. The minimum absolute atomic E-state index is 0.0401. The zero-order valence-electron chi connectivity index (χ0n) is 21.0. The third-order valence-corrected chi connectivity index (χ3v) is 6.36. The van der Waals surface area contributed by atoms with E-state index in [0.29, 0.717) is 41.3 Å². The van der Waals surface area contributed by atoms with Gasteiger partial charge < -0.3 is 29.1 Å². The highest BCUT2D eigenvalue weighted by Gasteiger charge is 2.46. The molecule has 188 valence electrons. The summed E-state index contributed by atoms with van der Waals surface area (Å²) in [5, 5.41) is 11.2. The quantitative estimate of drug-likeness (QED) is 0.296. The second-order valence-corrected chi connectivity index (χ2v) is 8.20. The summed E-state index contributed by atoms with van der Waals surface area (Å²) in [4.78, 5) is 30.2. The number of hydrogen-bond donors (Lipinski definition) is 1. The molecule has 1 aliphatic rings. The van der Waals surface area contributed by atoms with Crippen molar-refractivity contribution >= 4 is 17.4 Å². The number of rotatable bonds is 11. The van der Waals surface area contributed by atoms with E-state index in [-0.39, 0.29) is 11.3 Å². The lowest BCUT2D eigenvalue weighted by atomic mass is 9.94. The van der Waals surface area contributed by atoms with Crippen LogP contribution in [0.1, 0.15) is 37.4 Å². The maximum Gasteiger partial charge on any atom is 0.295 e. The zero-order valence-corrected chi connectivity index (χ0v) is 21.0. The summed E-state index contributed by atoms with van der Waals surface area (Å²) in [6, 6.07) is 11.4. The van der Waals surface area contributed by atoms with E-state index < -0.39 is 17.7 Å². The van der Waals surface area contributed by atoms with Gasteiger partial charge in [-0.15, -0.1) is 0 Å². The number of nitrogens with zero attached hydrogens (tertiary/aromatic N) is 2. The fourth-order valence-electron chi connectivity index (χ4n) is 4.47.